The third kappa shape index (κ3) is 6.86. The van der Waals surface area contributed by atoms with Gasteiger partial charge in [-0.3, -0.25) is 9.63 Å². The summed E-state index contributed by atoms with van der Waals surface area (Å²) in [6.45, 7) is 9.67. The second-order valence-corrected chi connectivity index (χ2v) is 8.71. The molecule has 0 bridgehead atoms. The highest BCUT2D eigenvalue weighted by atomic mass is 19.4. The zero-order valence-electron chi connectivity index (χ0n) is 18.0. The maximum atomic E-state index is 13.1. The Hall–Kier alpha value is -2.79. The number of carbonyl (C=O) groups excluding carboxylic acids is 1. The Morgan fingerprint density at radius 2 is 1.68 bits per heavy atom. The number of hydrogen-bond acceptors (Lipinski definition) is 7. The molecule has 8 nitrogen and oxygen atoms in total. The molecule has 0 aliphatic carbocycles. The van der Waals surface area contributed by atoms with Crippen molar-refractivity contribution in [1.29, 1.82) is 0 Å². The predicted molar refractivity (Wildman–Crippen MR) is 106 cm³/mol. The minimum atomic E-state index is -4.64. The number of nitrogens with zero attached hydrogens (tertiary/aromatic N) is 1. The lowest BCUT2D eigenvalue weighted by atomic mass is 10.1. The fourth-order valence-electron chi connectivity index (χ4n) is 2.50. The van der Waals surface area contributed by atoms with Crippen LogP contribution in [0.2, 0.25) is 0 Å². The first kappa shape index (κ1) is 24.5. The van der Waals surface area contributed by atoms with E-state index in [1.807, 2.05) is 0 Å². The minimum absolute atomic E-state index is 0.0801. The number of alkyl halides is 3. The fraction of sp³-hybridized carbons (Fsp3) is 0.500. The molecule has 0 amide bonds. The summed E-state index contributed by atoms with van der Waals surface area (Å²) in [6, 6.07) is 3.63. The van der Waals surface area contributed by atoms with Gasteiger partial charge >= 0.3 is 17.9 Å². The van der Waals surface area contributed by atoms with Crippen LogP contribution in [0.25, 0.3) is 10.9 Å². The van der Waals surface area contributed by atoms with Crippen LogP contribution in [0.5, 0.6) is 0 Å². The molecular formula is C20H25F3N2O6. The van der Waals surface area contributed by atoms with E-state index in [4.69, 9.17) is 14.3 Å². The Labute approximate surface area is 176 Å². The van der Waals surface area contributed by atoms with Crippen LogP contribution >= 0.6 is 0 Å². The quantitative estimate of drug-likeness (QED) is 0.543. The van der Waals surface area contributed by atoms with Gasteiger partial charge in [0.15, 0.2) is 0 Å². The van der Waals surface area contributed by atoms with Gasteiger partial charge in [-0.1, -0.05) is 0 Å². The van der Waals surface area contributed by atoms with E-state index >= 15 is 0 Å². The van der Waals surface area contributed by atoms with Crippen molar-refractivity contribution in [2.24, 2.45) is 0 Å². The number of aliphatic hydroxyl groups is 1. The molecule has 2 rings (SSSR count). The van der Waals surface area contributed by atoms with Crippen molar-refractivity contribution >= 4 is 22.7 Å². The van der Waals surface area contributed by atoms with Crippen LogP contribution < -0.4 is 15.7 Å². The fourth-order valence-corrected chi connectivity index (χ4v) is 2.50. The van der Waals surface area contributed by atoms with E-state index < -0.39 is 41.1 Å². The molecule has 1 heterocycles. The van der Waals surface area contributed by atoms with Crippen molar-refractivity contribution in [3.8, 4) is 0 Å². The molecule has 0 spiro atoms. The number of rotatable bonds is 4. The molecule has 2 aromatic rings. The smallest absolute Gasteiger partial charge is 0.427 e. The van der Waals surface area contributed by atoms with Crippen LogP contribution in [0.1, 0.15) is 47.1 Å². The SMILES string of the molecule is CC(C)(C)OC(=O)On1c(=O)c(NC(O)OC(C)(C)C)cc2cc(C(F)(F)F)ccc21. The van der Waals surface area contributed by atoms with Crippen LogP contribution in [0, 0.1) is 0 Å². The van der Waals surface area contributed by atoms with Gasteiger partial charge < -0.3 is 19.9 Å². The number of aromatic nitrogens is 1. The van der Waals surface area contributed by atoms with E-state index in [0.29, 0.717) is 4.73 Å². The van der Waals surface area contributed by atoms with E-state index in [-0.39, 0.29) is 16.6 Å². The molecule has 2 N–H and O–H groups in total. The summed E-state index contributed by atoms with van der Waals surface area (Å²) in [7, 11) is 0. The summed E-state index contributed by atoms with van der Waals surface area (Å²) in [4.78, 5) is 29.9. The van der Waals surface area contributed by atoms with Crippen LogP contribution in [0.4, 0.5) is 23.7 Å². The largest absolute Gasteiger partial charge is 0.534 e. The third-order valence-electron chi connectivity index (χ3n) is 3.59. The number of carbonyl (C=O) groups is 1. The standard InChI is InChI=1S/C20H25F3N2O6/c1-18(2,3)29-16(27)24-13-10-11-9-12(20(21,22)23)7-8-14(11)25(15(13)26)31-17(28)30-19(4,5)6/h7-10,16,24,27H,1-6H3. The Bertz CT molecular complexity index is 1020. The lowest BCUT2D eigenvalue weighted by Gasteiger charge is -2.25. The first-order valence-corrected chi connectivity index (χ1v) is 9.27. The Morgan fingerprint density at radius 1 is 1.06 bits per heavy atom. The molecular weight excluding hydrogens is 421 g/mol. The summed E-state index contributed by atoms with van der Waals surface area (Å²) in [6.07, 6.45) is -7.53. The number of benzene rings is 1. The molecule has 0 aliphatic rings. The molecule has 1 unspecified atom stereocenters. The number of hydrogen-bond donors (Lipinski definition) is 2. The number of ether oxygens (including phenoxy) is 2. The summed E-state index contributed by atoms with van der Waals surface area (Å²) < 4.78 is 50.2. The molecule has 0 fully saturated rings. The second-order valence-electron chi connectivity index (χ2n) is 8.71. The van der Waals surface area contributed by atoms with Crippen LogP contribution in [-0.2, 0) is 15.7 Å². The molecule has 0 radical (unpaired) electrons. The van der Waals surface area contributed by atoms with Gasteiger partial charge in [0.1, 0.15) is 11.3 Å². The normalized spacial score (nSPS) is 13.7. The maximum absolute atomic E-state index is 13.1. The number of aliphatic hydroxyl groups excluding tert-OH is 1. The van der Waals surface area contributed by atoms with E-state index in [0.717, 1.165) is 24.3 Å². The van der Waals surface area contributed by atoms with E-state index in [1.165, 1.54) is 0 Å². The molecule has 0 saturated carbocycles. The van der Waals surface area contributed by atoms with E-state index in [9.17, 15) is 27.9 Å². The Kier molecular flexibility index (Phi) is 6.62. The van der Waals surface area contributed by atoms with Gasteiger partial charge in [0.2, 0.25) is 6.41 Å². The van der Waals surface area contributed by atoms with Crippen molar-refractivity contribution in [3.05, 3.63) is 40.2 Å². The zero-order chi connectivity index (χ0) is 23.8. The van der Waals surface area contributed by atoms with E-state index in [1.54, 1.807) is 41.5 Å². The third-order valence-corrected chi connectivity index (χ3v) is 3.59. The number of fused-ring (bicyclic) bond motifs is 1. The Morgan fingerprint density at radius 3 is 2.19 bits per heavy atom. The van der Waals surface area contributed by atoms with Crippen molar-refractivity contribution in [2.75, 3.05) is 5.32 Å². The van der Waals surface area contributed by atoms with Crippen molar-refractivity contribution in [1.82, 2.24) is 4.73 Å². The first-order valence-electron chi connectivity index (χ1n) is 9.27. The average molecular weight is 446 g/mol. The zero-order valence-corrected chi connectivity index (χ0v) is 18.0. The van der Waals surface area contributed by atoms with Crippen molar-refractivity contribution in [3.63, 3.8) is 0 Å². The topological polar surface area (TPSA) is 99.0 Å². The average Bonchev–Trinajstić information content (AvgIpc) is 2.53. The minimum Gasteiger partial charge on any atom is -0.427 e. The van der Waals surface area contributed by atoms with Gasteiger partial charge in [-0.15, -0.1) is 4.73 Å². The first-order chi connectivity index (χ1) is 14.0. The number of halogens is 3. The van der Waals surface area contributed by atoms with Crippen molar-refractivity contribution in [2.45, 2.75) is 65.3 Å². The van der Waals surface area contributed by atoms with E-state index in [2.05, 4.69) is 5.32 Å². The van der Waals surface area contributed by atoms with Gasteiger partial charge in [0.25, 0.3) is 0 Å². The maximum Gasteiger partial charge on any atom is 0.534 e. The number of nitrogens with one attached hydrogen (secondary N) is 1. The molecule has 0 saturated heterocycles. The molecule has 31 heavy (non-hydrogen) atoms. The number of anilines is 1. The molecule has 0 aliphatic heterocycles. The van der Waals surface area contributed by atoms with Crippen molar-refractivity contribution < 1.29 is 37.4 Å². The van der Waals surface area contributed by atoms with Crippen LogP contribution in [-0.4, -0.2) is 33.6 Å². The van der Waals surface area contributed by atoms with Gasteiger partial charge in [-0.05, 0) is 65.8 Å². The summed E-state index contributed by atoms with van der Waals surface area (Å²) >= 11 is 0. The highest BCUT2D eigenvalue weighted by Gasteiger charge is 2.31. The van der Waals surface area contributed by atoms with Gasteiger partial charge in [0.05, 0.1) is 16.7 Å². The number of pyridine rings is 1. The van der Waals surface area contributed by atoms with Crippen LogP contribution in [0.3, 0.4) is 0 Å². The summed E-state index contributed by atoms with van der Waals surface area (Å²) in [5.41, 5.74) is -4.12. The summed E-state index contributed by atoms with van der Waals surface area (Å²) in [5, 5.41) is 12.3. The lowest BCUT2D eigenvalue weighted by molar-refractivity contribution is -0.148. The molecule has 11 heteroatoms. The second kappa shape index (κ2) is 8.39. The Balaban J connectivity index is 2.58. The highest BCUT2D eigenvalue weighted by Crippen LogP contribution is 2.31. The molecule has 1 aromatic carbocycles. The predicted octanol–water partition coefficient (Wildman–Crippen LogP) is 3.89. The summed E-state index contributed by atoms with van der Waals surface area (Å²) in [5.74, 6) is 0. The lowest BCUT2D eigenvalue weighted by Crippen LogP contribution is -2.38. The van der Waals surface area contributed by atoms with Gasteiger partial charge in [0, 0.05) is 5.39 Å². The van der Waals surface area contributed by atoms with Gasteiger partial charge in [-0.2, -0.15) is 13.2 Å². The molecule has 172 valence electrons. The monoisotopic (exact) mass is 446 g/mol. The highest BCUT2D eigenvalue weighted by molar-refractivity contribution is 5.83. The van der Waals surface area contributed by atoms with Gasteiger partial charge in [-0.25, -0.2) is 4.79 Å². The molecule has 1 atom stereocenters. The molecule has 1 aromatic heterocycles. The van der Waals surface area contributed by atoms with Crippen LogP contribution in [0.15, 0.2) is 29.1 Å².